The summed E-state index contributed by atoms with van der Waals surface area (Å²) in [6, 6.07) is 24.8. The quantitative estimate of drug-likeness (QED) is 0.241. The second kappa shape index (κ2) is 12.1. The van der Waals surface area contributed by atoms with Gasteiger partial charge in [0.1, 0.15) is 0 Å². The number of nitrogens with two attached hydrogens (primary N) is 2. The number of nitrogens with one attached hydrogen (secondary N) is 2. The molecule has 3 aromatic carbocycles. The van der Waals surface area contributed by atoms with Gasteiger partial charge in [-0.2, -0.15) is 0 Å². The third-order valence-electron chi connectivity index (χ3n) is 5.58. The average Bonchev–Trinajstić information content (AvgIpc) is 3.31. The number of carbonyl (C=O) groups excluding carboxylic acids is 1. The molecule has 4 aromatic rings. The van der Waals surface area contributed by atoms with Crippen LogP contribution in [0.25, 0.3) is 22.4 Å². The lowest BCUT2D eigenvalue weighted by atomic mass is 9.98. The molecule has 0 aliphatic heterocycles. The van der Waals surface area contributed by atoms with E-state index in [1.54, 1.807) is 6.20 Å². The number of imidazole rings is 1. The van der Waals surface area contributed by atoms with Gasteiger partial charge in [0.05, 0.1) is 18.3 Å². The van der Waals surface area contributed by atoms with E-state index in [0.29, 0.717) is 24.8 Å². The van der Waals surface area contributed by atoms with Crippen LogP contribution in [0.5, 0.6) is 0 Å². The fourth-order valence-corrected chi connectivity index (χ4v) is 3.61. The first kappa shape index (κ1) is 25.1. The lowest BCUT2D eigenvalue weighted by Crippen LogP contribution is -2.24. The SMILES string of the molecule is CC(C)c1ccc(-c2ccc(CC(=O)NCc3ccc(-c4cnc(N)[nH]4)cc3)cc2)cc1.NS. The van der Waals surface area contributed by atoms with Gasteiger partial charge >= 0.3 is 0 Å². The van der Waals surface area contributed by atoms with Crippen molar-refractivity contribution in [2.24, 2.45) is 5.14 Å². The van der Waals surface area contributed by atoms with Gasteiger partial charge in [-0.1, -0.05) is 86.6 Å². The van der Waals surface area contributed by atoms with Crippen LogP contribution >= 0.6 is 12.8 Å². The summed E-state index contributed by atoms with van der Waals surface area (Å²) in [6.45, 7) is 4.88. The highest BCUT2D eigenvalue weighted by molar-refractivity contribution is 7.77. The summed E-state index contributed by atoms with van der Waals surface area (Å²) < 4.78 is 0. The molecule has 0 aliphatic carbocycles. The minimum absolute atomic E-state index is 0.00412. The molecular formula is C27H31N5OS. The molecule has 1 amide bonds. The number of amides is 1. The highest BCUT2D eigenvalue weighted by atomic mass is 32.1. The Labute approximate surface area is 206 Å². The summed E-state index contributed by atoms with van der Waals surface area (Å²) in [7, 11) is 0. The molecule has 1 heterocycles. The Balaban J connectivity index is 0.00000158. The van der Waals surface area contributed by atoms with Crippen LogP contribution in [0.15, 0.2) is 79.0 Å². The van der Waals surface area contributed by atoms with Crippen LogP contribution in [-0.4, -0.2) is 15.9 Å². The molecule has 0 saturated carbocycles. The Morgan fingerprint density at radius 1 is 0.882 bits per heavy atom. The van der Waals surface area contributed by atoms with Crippen molar-refractivity contribution in [1.82, 2.24) is 15.3 Å². The number of rotatable bonds is 7. The topological polar surface area (TPSA) is 110 Å². The lowest BCUT2D eigenvalue weighted by molar-refractivity contribution is -0.120. The van der Waals surface area contributed by atoms with Crippen molar-refractivity contribution < 1.29 is 4.79 Å². The number of hydrogen-bond acceptors (Lipinski definition) is 5. The van der Waals surface area contributed by atoms with Crippen LogP contribution in [0.1, 0.15) is 36.5 Å². The highest BCUT2D eigenvalue weighted by Gasteiger charge is 2.06. The molecule has 0 aliphatic rings. The van der Waals surface area contributed by atoms with Gasteiger partial charge in [0.2, 0.25) is 5.91 Å². The monoisotopic (exact) mass is 473 g/mol. The van der Waals surface area contributed by atoms with Gasteiger partial charge in [0.25, 0.3) is 0 Å². The molecule has 0 radical (unpaired) electrons. The van der Waals surface area contributed by atoms with Crippen LogP contribution in [0.2, 0.25) is 0 Å². The van der Waals surface area contributed by atoms with Crippen molar-refractivity contribution in [3.8, 4) is 22.4 Å². The van der Waals surface area contributed by atoms with Gasteiger partial charge in [-0.05, 0) is 39.3 Å². The van der Waals surface area contributed by atoms with Gasteiger partial charge in [-0.25, -0.2) is 4.98 Å². The first-order valence-corrected chi connectivity index (χ1v) is 11.6. The van der Waals surface area contributed by atoms with Gasteiger partial charge in [0.15, 0.2) is 5.95 Å². The van der Waals surface area contributed by atoms with Gasteiger partial charge < -0.3 is 16.0 Å². The van der Waals surface area contributed by atoms with Crippen molar-refractivity contribution in [1.29, 1.82) is 0 Å². The molecule has 6 nitrogen and oxygen atoms in total. The zero-order valence-corrected chi connectivity index (χ0v) is 20.3. The summed E-state index contributed by atoms with van der Waals surface area (Å²) in [5.74, 6) is 0.927. The zero-order valence-electron chi connectivity index (χ0n) is 19.5. The molecule has 0 fully saturated rings. The molecule has 0 unspecified atom stereocenters. The molecular weight excluding hydrogens is 442 g/mol. The number of anilines is 1. The summed E-state index contributed by atoms with van der Waals surface area (Å²) in [5, 5.41) is 7.19. The summed E-state index contributed by atoms with van der Waals surface area (Å²) in [5.41, 5.74) is 13.2. The standard InChI is InChI=1S/C27H28N4O.H3NS/c1-18(2)21-11-13-23(14-12-21)22-7-3-19(4-8-22)15-26(32)29-16-20-5-9-24(10-6-20)25-17-30-27(28)31-25;1-2/h3-14,17-18H,15-16H2,1-2H3,(H,29,32)(H3,28,30,31);2H,1H2. The molecule has 0 saturated heterocycles. The van der Waals surface area contributed by atoms with Crippen molar-refractivity contribution in [2.75, 3.05) is 5.73 Å². The number of aromatic nitrogens is 2. The zero-order chi connectivity index (χ0) is 24.5. The highest BCUT2D eigenvalue weighted by Crippen LogP contribution is 2.23. The minimum atomic E-state index is 0.00412. The third kappa shape index (κ3) is 6.73. The molecule has 0 spiro atoms. The minimum Gasteiger partial charge on any atom is -0.369 e. The smallest absolute Gasteiger partial charge is 0.224 e. The molecule has 4 rings (SSSR count). The number of nitrogens with zero attached hydrogens (tertiary/aromatic N) is 1. The summed E-state index contributed by atoms with van der Waals surface area (Å²) in [6.07, 6.45) is 2.07. The number of carbonyl (C=O) groups is 1. The Hall–Kier alpha value is -3.55. The van der Waals surface area contributed by atoms with Gasteiger partial charge in [-0.15, -0.1) is 12.8 Å². The van der Waals surface area contributed by atoms with Crippen molar-refractivity contribution in [3.05, 3.63) is 95.7 Å². The second-order valence-electron chi connectivity index (χ2n) is 8.31. The first-order valence-electron chi connectivity index (χ1n) is 11.1. The second-order valence-corrected chi connectivity index (χ2v) is 8.31. The Morgan fingerprint density at radius 2 is 1.41 bits per heavy atom. The summed E-state index contributed by atoms with van der Waals surface area (Å²) in [4.78, 5) is 19.4. The van der Waals surface area contributed by atoms with Crippen LogP contribution in [0.3, 0.4) is 0 Å². The van der Waals surface area contributed by atoms with E-state index in [-0.39, 0.29) is 5.91 Å². The number of thiol groups is 1. The summed E-state index contributed by atoms with van der Waals surface area (Å²) >= 11 is 3.03. The average molecular weight is 474 g/mol. The van der Waals surface area contributed by atoms with Crippen molar-refractivity contribution in [3.63, 3.8) is 0 Å². The molecule has 0 bridgehead atoms. The Bertz CT molecular complexity index is 1180. The fourth-order valence-electron chi connectivity index (χ4n) is 3.61. The van der Waals surface area contributed by atoms with E-state index in [0.717, 1.165) is 27.9 Å². The number of benzene rings is 3. The van der Waals surface area contributed by atoms with Crippen molar-refractivity contribution in [2.45, 2.75) is 32.7 Å². The van der Waals surface area contributed by atoms with Gasteiger partial charge in [-0.3, -0.25) is 9.93 Å². The van der Waals surface area contributed by atoms with Crippen LogP contribution < -0.4 is 16.2 Å². The molecule has 0 atom stereocenters. The van der Waals surface area contributed by atoms with E-state index >= 15 is 0 Å². The predicted octanol–water partition coefficient (Wildman–Crippen LogP) is 5.10. The van der Waals surface area contributed by atoms with Crippen LogP contribution in [0.4, 0.5) is 5.95 Å². The Morgan fingerprint density at radius 3 is 1.94 bits per heavy atom. The lowest BCUT2D eigenvalue weighted by Gasteiger charge is -2.09. The number of aromatic amines is 1. The first-order chi connectivity index (χ1) is 16.5. The number of H-pyrrole nitrogens is 1. The van der Waals surface area contributed by atoms with E-state index < -0.39 is 0 Å². The predicted molar refractivity (Wildman–Crippen MR) is 143 cm³/mol. The maximum Gasteiger partial charge on any atom is 0.224 e. The molecule has 6 N–H and O–H groups in total. The number of hydrogen-bond donors (Lipinski definition) is 5. The van der Waals surface area contributed by atoms with E-state index in [9.17, 15) is 4.79 Å². The fraction of sp³-hybridized carbons (Fsp3) is 0.185. The molecule has 176 valence electrons. The van der Waals surface area contributed by atoms with Crippen LogP contribution in [0, 0.1) is 0 Å². The number of nitrogen functional groups attached to an aromatic ring is 1. The van der Waals surface area contributed by atoms with E-state index in [1.807, 2.05) is 36.4 Å². The Kier molecular flexibility index (Phi) is 8.90. The van der Waals surface area contributed by atoms with E-state index in [2.05, 4.69) is 83.5 Å². The normalized spacial score (nSPS) is 10.5. The molecule has 34 heavy (non-hydrogen) atoms. The molecule has 1 aromatic heterocycles. The van der Waals surface area contributed by atoms with Crippen LogP contribution in [-0.2, 0) is 17.8 Å². The van der Waals surface area contributed by atoms with E-state index in [4.69, 9.17) is 5.73 Å². The maximum absolute atomic E-state index is 12.4. The third-order valence-corrected chi connectivity index (χ3v) is 5.58. The van der Waals surface area contributed by atoms with Crippen molar-refractivity contribution >= 4 is 24.7 Å². The molecule has 7 heteroatoms. The van der Waals surface area contributed by atoms with E-state index in [1.165, 1.54) is 11.1 Å². The maximum atomic E-state index is 12.4. The van der Waals surface area contributed by atoms with Gasteiger partial charge in [0, 0.05) is 6.54 Å². The largest absolute Gasteiger partial charge is 0.369 e.